The number of hydrogen-bond acceptors (Lipinski definition) is 12. The second kappa shape index (κ2) is 16.7. The molecule has 46 heavy (non-hydrogen) atoms. The van der Waals surface area contributed by atoms with E-state index in [4.69, 9.17) is 29.4 Å². The van der Waals surface area contributed by atoms with Crippen molar-refractivity contribution in [1.29, 1.82) is 0 Å². The van der Waals surface area contributed by atoms with Gasteiger partial charge in [-0.25, -0.2) is 8.78 Å². The zero-order valence-electron chi connectivity index (χ0n) is 26.2. The van der Waals surface area contributed by atoms with E-state index in [1.807, 2.05) is 0 Å². The number of alkyl halides is 2. The Morgan fingerprint density at radius 1 is 0.891 bits per heavy atom. The molecule has 266 valence electrons. The van der Waals surface area contributed by atoms with E-state index in [0.717, 1.165) is 32.1 Å². The first-order valence-electron chi connectivity index (χ1n) is 16.3. The van der Waals surface area contributed by atoms with Gasteiger partial charge in [-0.15, -0.1) is 0 Å². The first kappa shape index (κ1) is 37.2. The molecule has 4 aliphatic rings. The van der Waals surface area contributed by atoms with E-state index >= 15 is 0 Å². The van der Waals surface area contributed by atoms with Crippen molar-refractivity contribution in [2.75, 3.05) is 6.61 Å². The Balaban J connectivity index is 1.60. The molecule has 0 aromatic heterocycles. The lowest BCUT2D eigenvalue weighted by Gasteiger charge is -2.48. The van der Waals surface area contributed by atoms with Gasteiger partial charge in [-0.05, 0) is 32.1 Å². The minimum absolute atomic E-state index is 0.0392. The smallest absolute Gasteiger partial charge is 0.246 e. The zero-order valence-corrected chi connectivity index (χ0v) is 26.2. The number of halogens is 2. The van der Waals surface area contributed by atoms with E-state index in [1.165, 1.54) is 13.8 Å². The number of carbonyl (C=O) groups is 2. The minimum atomic E-state index is -2.87. The molecule has 0 radical (unpaired) electrons. The van der Waals surface area contributed by atoms with Gasteiger partial charge in [0, 0.05) is 12.8 Å². The average Bonchev–Trinajstić information content (AvgIpc) is 3.01. The molecule has 2 amide bonds. The first-order valence-corrected chi connectivity index (χ1v) is 16.3. The molecular weight excluding hydrogens is 618 g/mol. The minimum Gasteiger partial charge on any atom is -0.394 e. The largest absolute Gasteiger partial charge is 0.394 e. The molecule has 2 saturated heterocycles. The molecule has 14 nitrogen and oxygen atoms in total. The van der Waals surface area contributed by atoms with Gasteiger partial charge in [0.2, 0.25) is 18.2 Å². The van der Waals surface area contributed by atoms with Crippen LogP contribution in [0.5, 0.6) is 0 Å². The van der Waals surface area contributed by atoms with E-state index in [2.05, 4.69) is 5.32 Å². The molecule has 2 aliphatic carbocycles. The van der Waals surface area contributed by atoms with Crippen molar-refractivity contribution < 1.29 is 67.6 Å². The fourth-order valence-corrected chi connectivity index (χ4v) is 7.10. The number of carbonyl (C=O) groups excluding carboxylic acids is 2. The second-order valence-electron chi connectivity index (χ2n) is 13.1. The summed E-state index contributed by atoms with van der Waals surface area (Å²) in [5.41, 5.74) is 5.71. The summed E-state index contributed by atoms with van der Waals surface area (Å²) < 4.78 is 58.3. The highest BCUT2D eigenvalue weighted by Gasteiger charge is 2.52. The van der Waals surface area contributed by atoms with Crippen molar-refractivity contribution >= 4 is 11.8 Å². The van der Waals surface area contributed by atoms with E-state index in [-0.39, 0.29) is 18.8 Å². The molecule has 16 heteroatoms. The molecule has 0 aromatic rings. The SMILES string of the molecule is CC(=O)NC1C(O[C@@H](CC2CCCCC2)C(N)=O)[C@@H](O)[C@H](CO)O[C@H]1O[C@@H]1CCCC(C(F)F)C1OC1O[C@@H](C)C(O)[C@H](O)[C@@H]1O. The van der Waals surface area contributed by atoms with Crippen LogP contribution in [-0.4, -0.2) is 130 Å². The van der Waals surface area contributed by atoms with Gasteiger partial charge in [-0.3, -0.25) is 9.59 Å². The monoisotopic (exact) mass is 668 g/mol. The van der Waals surface area contributed by atoms with Crippen LogP contribution in [0.4, 0.5) is 8.78 Å². The van der Waals surface area contributed by atoms with E-state index < -0.39 is 110 Å². The number of ether oxygens (including phenoxy) is 5. The molecular formula is C30H50F2N2O12. The third kappa shape index (κ3) is 8.89. The zero-order chi connectivity index (χ0) is 33.7. The lowest BCUT2D eigenvalue weighted by Crippen LogP contribution is -2.67. The maximum Gasteiger partial charge on any atom is 0.246 e. The van der Waals surface area contributed by atoms with Crippen LogP contribution in [0.15, 0.2) is 0 Å². The Morgan fingerprint density at radius 2 is 1.59 bits per heavy atom. The van der Waals surface area contributed by atoms with Gasteiger partial charge in [0.25, 0.3) is 0 Å². The van der Waals surface area contributed by atoms with Crippen molar-refractivity contribution in [2.45, 2.75) is 158 Å². The Labute approximate surface area is 266 Å². The number of amides is 2. The summed E-state index contributed by atoms with van der Waals surface area (Å²) in [5.74, 6) is -2.57. The summed E-state index contributed by atoms with van der Waals surface area (Å²) in [6.07, 6.45) is -14.0. The molecule has 8 N–H and O–H groups in total. The quantitative estimate of drug-likeness (QED) is 0.139. The topological polar surface area (TPSA) is 219 Å². The van der Waals surface area contributed by atoms with E-state index in [0.29, 0.717) is 12.8 Å². The summed E-state index contributed by atoms with van der Waals surface area (Å²) >= 11 is 0. The Morgan fingerprint density at radius 3 is 2.20 bits per heavy atom. The molecule has 14 atom stereocenters. The predicted molar refractivity (Wildman–Crippen MR) is 154 cm³/mol. The fraction of sp³-hybridized carbons (Fsp3) is 0.933. The molecule has 0 spiro atoms. The molecule has 4 rings (SSSR count). The molecule has 2 aliphatic heterocycles. The van der Waals surface area contributed by atoms with Gasteiger partial charge >= 0.3 is 0 Å². The Hall–Kier alpha value is -1.60. The number of nitrogens with one attached hydrogen (secondary N) is 1. The fourth-order valence-electron chi connectivity index (χ4n) is 7.10. The van der Waals surface area contributed by atoms with Crippen LogP contribution in [0.2, 0.25) is 0 Å². The number of rotatable bonds is 12. The van der Waals surface area contributed by atoms with Crippen LogP contribution in [0.1, 0.15) is 71.6 Å². The van der Waals surface area contributed by atoms with Crippen LogP contribution >= 0.6 is 0 Å². The van der Waals surface area contributed by atoms with Crippen molar-refractivity contribution in [3.05, 3.63) is 0 Å². The third-order valence-electron chi connectivity index (χ3n) is 9.68. The van der Waals surface area contributed by atoms with Gasteiger partial charge in [0.15, 0.2) is 12.6 Å². The van der Waals surface area contributed by atoms with Crippen LogP contribution in [0.3, 0.4) is 0 Å². The van der Waals surface area contributed by atoms with Gasteiger partial charge in [-0.1, -0.05) is 38.5 Å². The van der Waals surface area contributed by atoms with Gasteiger partial charge in [0.05, 0.1) is 24.9 Å². The average molecular weight is 669 g/mol. The molecule has 4 fully saturated rings. The van der Waals surface area contributed by atoms with Crippen molar-refractivity contribution in [3.8, 4) is 0 Å². The van der Waals surface area contributed by atoms with Crippen molar-refractivity contribution in [3.63, 3.8) is 0 Å². The summed E-state index contributed by atoms with van der Waals surface area (Å²) in [4.78, 5) is 24.9. The van der Waals surface area contributed by atoms with Crippen LogP contribution < -0.4 is 11.1 Å². The van der Waals surface area contributed by atoms with E-state index in [1.54, 1.807) is 0 Å². The van der Waals surface area contributed by atoms with E-state index in [9.17, 15) is 43.9 Å². The molecule has 0 aromatic carbocycles. The van der Waals surface area contributed by atoms with Gasteiger partial charge < -0.3 is 60.3 Å². The van der Waals surface area contributed by atoms with Crippen LogP contribution in [-0.2, 0) is 33.3 Å². The molecule has 0 bridgehead atoms. The summed E-state index contributed by atoms with van der Waals surface area (Å²) in [6.45, 7) is 1.92. The highest BCUT2D eigenvalue weighted by atomic mass is 19.3. The normalized spacial score (nSPS) is 41.7. The van der Waals surface area contributed by atoms with Crippen LogP contribution in [0.25, 0.3) is 0 Å². The van der Waals surface area contributed by atoms with Gasteiger partial charge in [-0.2, -0.15) is 0 Å². The maximum absolute atomic E-state index is 14.3. The highest BCUT2D eigenvalue weighted by molar-refractivity contribution is 5.78. The molecule has 6 unspecified atom stereocenters. The highest BCUT2D eigenvalue weighted by Crippen LogP contribution is 2.38. The number of aliphatic hydroxyl groups excluding tert-OH is 5. The lowest BCUT2D eigenvalue weighted by atomic mass is 9.84. The summed E-state index contributed by atoms with van der Waals surface area (Å²) in [7, 11) is 0. The lowest BCUT2D eigenvalue weighted by molar-refractivity contribution is -0.340. The van der Waals surface area contributed by atoms with Gasteiger partial charge in [0.1, 0.15) is 48.8 Å². The summed E-state index contributed by atoms with van der Waals surface area (Å²) in [5, 5.41) is 54.7. The predicted octanol–water partition coefficient (Wildman–Crippen LogP) is -0.558. The Kier molecular flexibility index (Phi) is 13.5. The number of hydrogen-bond donors (Lipinski definition) is 7. The van der Waals surface area contributed by atoms with Crippen molar-refractivity contribution in [2.24, 2.45) is 17.6 Å². The Bertz CT molecular complexity index is 994. The molecule has 2 saturated carbocycles. The number of primary amides is 1. The number of nitrogens with two attached hydrogens (primary N) is 1. The summed E-state index contributed by atoms with van der Waals surface area (Å²) in [6, 6.07) is -1.27. The third-order valence-corrected chi connectivity index (χ3v) is 9.68. The first-order chi connectivity index (χ1) is 21.8. The van der Waals surface area contributed by atoms with Crippen molar-refractivity contribution in [1.82, 2.24) is 5.32 Å². The standard InChI is InChI=1S/C30H50F2N2O12/c1-13-21(37)23(39)24(40)30(42-13)46-25-16(27(31)32)9-6-10-17(25)44-29-20(34-14(2)36)26(22(38)19(12-35)45-29)43-18(28(33)41)11-15-7-4-3-5-8-15/h13,15-27,29-30,35,37-40H,3-12H2,1-2H3,(H2,33,41)(H,34,36)/t13-,16?,17+,18-,19-,20?,21?,22-,23-,24-,25?,26?,29+,30?/m0/s1. The maximum atomic E-state index is 14.3. The number of aliphatic hydroxyl groups is 5. The second-order valence-corrected chi connectivity index (χ2v) is 13.1. The van der Waals surface area contributed by atoms with Crippen LogP contribution in [0, 0.1) is 11.8 Å². The molecule has 2 heterocycles.